The molecule has 2 rings (SSSR count). The number of anilines is 1. The predicted octanol–water partition coefficient (Wildman–Crippen LogP) is 3.48. The fourth-order valence-corrected chi connectivity index (χ4v) is 2.35. The number of hydrogen-bond acceptors (Lipinski definition) is 4. The van der Waals surface area contributed by atoms with Crippen LogP contribution in [-0.4, -0.2) is 27.2 Å². The highest BCUT2D eigenvalue weighted by atomic mass is 16.5. The molecule has 2 aromatic carbocycles. The van der Waals surface area contributed by atoms with Gasteiger partial charge in [0.25, 0.3) is 0 Å². The molecule has 0 saturated carbocycles. The molecule has 0 atom stereocenters. The molecule has 2 aromatic rings. The van der Waals surface area contributed by atoms with E-state index in [0.717, 1.165) is 23.4 Å². The molecule has 0 radical (unpaired) electrons. The van der Waals surface area contributed by atoms with Crippen molar-refractivity contribution in [3.63, 3.8) is 0 Å². The van der Waals surface area contributed by atoms with E-state index in [-0.39, 0.29) is 0 Å². The predicted molar refractivity (Wildman–Crippen MR) is 92.0 cm³/mol. The molecule has 0 amide bonds. The standard InChI is InChI=1S/C19H21NO3/c1-20(17-10-5-4-6-11-17)13-15-8-7-9-16(12-15)18(14-22-2)19(21)23-3/h4-12,14H,13H2,1-3H3. The molecule has 0 aliphatic rings. The van der Waals surface area contributed by atoms with Gasteiger partial charge in [-0.1, -0.05) is 36.4 Å². The lowest BCUT2D eigenvalue weighted by Gasteiger charge is -2.19. The Morgan fingerprint density at radius 2 is 1.83 bits per heavy atom. The van der Waals surface area contributed by atoms with Crippen LogP contribution >= 0.6 is 0 Å². The van der Waals surface area contributed by atoms with Crippen LogP contribution in [0.5, 0.6) is 0 Å². The van der Waals surface area contributed by atoms with Gasteiger partial charge in [-0.15, -0.1) is 0 Å². The molecule has 0 aromatic heterocycles. The largest absolute Gasteiger partial charge is 0.503 e. The Bertz CT molecular complexity index is 680. The summed E-state index contributed by atoms with van der Waals surface area (Å²) in [5.41, 5.74) is 3.41. The second kappa shape index (κ2) is 8.03. The summed E-state index contributed by atoms with van der Waals surface area (Å²) in [6.45, 7) is 0.735. The lowest BCUT2D eigenvalue weighted by molar-refractivity contribution is -0.133. The van der Waals surface area contributed by atoms with Gasteiger partial charge in [-0.2, -0.15) is 0 Å². The first-order valence-electron chi connectivity index (χ1n) is 7.32. The number of hydrogen-bond donors (Lipinski definition) is 0. The van der Waals surface area contributed by atoms with E-state index in [4.69, 9.17) is 9.47 Å². The average Bonchev–Trinajstić information content (AvgIpc) is 2.60. The Labute approximate surface area is 137 Å². The van der Waals surface area contributed by atoms with Crippen LogP contribution in [0, 0.1) is 0 Å². The minimum Gasteiger partial charge on any atom is -0.503 e. The van der Waals surface area contributed by atoms with E-state index in [9.17, 15) is 4.79 Å². The van der Waals surface area contributed by atoms with Crippen molar-refractivity contribution in [1.29, 1.82) is 0 Å². The number of carbonyl (C=O) groups excluding carboxylic acids is 1. The molecule has 0 saturated heterocycles. The number of methoxy groups -OCH3 is 2. The van der Waals surface area contributed by atoms with Crippen molar-refractivity contribution in [2.45, 2.75) is 6.54 Å². The summed E-state index contributed by atoms with van der Waals surface area (Å²) in [6.07, 6.45) is 1.41. The Balaban J connectivity index is 2.22. The molecule has 0 spiro atoms. The zero-order valence-corrected chi connectivity index (χ0v) is 13.7. The van der Waals surface area contributed by atoms with E-state index < -0.39 is 5.97 Å². The van der Waals surface area contributed by atoms with Crippen molar-refractivity contribution in [3.8, 4) is 0 Å². The number of carbonyl (C=O) groups is 1. The van der Waals surface area contributed by atoms with Crippen LogP contribution in [0.4, 0.5) is 5.69 Å². The topological polar surface area (TPSA) is 38.8 Å². The van der Waals surface area contributed by atoms with E-state index in [1.807, 2.05) is 49.5 Å². The summed E-state index contributed by atoms with van der Waals surface area (Å²) in [7, 11) is 4.91. The zero-order chi connectivity index (χ0) is 16.7. The minimum absolute atomic E-state index is 0.402. The third-order valence-electron chi connectivity index (χ3n) is 3.50. The van der Waals surface area contributed by atoms with Gasteiger partial charge in [-0.25, -0.2) is 4.79 Å². The number of esters is 1. The average molecular weight is 311 g/mol. The van der Waals surface area contributed by atoms with Crippen molar-refractivity contribution in [2.75, 3.05) is 26.2 Å². The van der Waals surface area contributed by atoms with Gasteiger partial charge in [-0.3, -0.25) is 0 Å². The number of benzene rings is 2. The Kier molecular flexibility index (Phi) is 5.80. The Morgan fingerprint density at radius 1 is 1.09 bits per heavy atom. The van der Waals surface area contributed by atoms with Gasteiger partial charge >= 0.3 is 5.97 Å². The first-order chi connectivity index (χ1) is 11.2. The number of para-hydroxylation sites is 1. The molecule has 4 heteroatoms. The maximum Gasteiger partial charge on any atom is 0.341 e. The number of rotatable bonds is 6. The van der Waals surface area contributed by atoms with Gasteiger partial charge in [0.2, 0.25) is 0 Å². The minimum atomic E-state index is -0.416. The van der Waals surface area contributed by atoms with Crippen molar-refractivity contribution in [2.24, 2.45) is 0 Å². The highest BCUT2D eigenvalue weighted by Gasteiger charge is 2.13. The maximum atomic E-state index is 11.9. The van der Waals surface area contributed by atoms with Crippen LogP contribution in [0.3, 0.4) is 0 Å². The summed E-state index contributed by atoms with van der Waals surface area (Å²) in [5.74, 6) is -0.416. The quantitative estimate of drug-likeness (QED) is 0.465. The molecule has 0 bridgehead atoms. The molecule has 0 aliphatic carbocycles. The van der Waals surface area contributed by atoms with Gasteiger partial charge < -0.3 is 14.4 Å². The van der Waals surface area contributed by atoms with Crippen molar-refractivity contribution in [3.05, 3.63) is 72.0 Å². The number of nitrogens with zero attached hydrogens (tertiary/aromatic N) is 1. The van der Waals surface area contributed by atoms with Gasteiger partial charge in [0, 0.05) is 19.3 Å². The summed E-state index contributed by atoms with van der Waals surface area (Å²) in [6, 6.07) is 18.0. The molecule has 4 nitrogen and oxygen atoms in total. The van der Waals surface area contributed by atoms with Gasteiger partial charge in [0.05, 0.1) is 20.5 Å². The van der Waals surface area contributed by atoms with Crippen molar-refractivity contribution >= 4 is 17.2 Å². The van der Waals surface area contributed by atoms with Crippen LogP contribution in [0.15, 0.2) is 60.9 Å². The monoisotopic (exact) mass is 311 g/mol. The van der Waals surface area contributed by atoms with Gasteiger partial charge in [0.15, 0.2) is 0 Å². The lowest BCUT2D eigenvalue weighted by atomic mass is 10.0. The molecule has 0 heterocycles. The van der Waals surface area contributed by atoms with E-state index in [1.54, 1.807) is 0 Å². The highest BCUT2D eigenvalue weighted by molar-refractivity contribution is 6.16. The van der Waals surface area contributed by atoms with E-state index in [2.05, 4.69) is 17.0 Å². The first kappa shape index (κ1) is 16.6. The molecular weight excluding hydrogens is 290 g/mol. The lowest BCUT2D eigenvalue weighted by Crippen LogP contribution is -2.16. The van der Waals surface area contributed by atoms with E-state index in [0.29, 0.717) is 5.57 Å². The summed E-state index contributed by atoms with van der Waals surface area (Å²) < 4.78 is 9.81. The molecule has 0 N–H and O–H groups in total. The number of ether oxygens (including phenoxy) is 2. The fourth-order valence-electron chi connectivity index (χ4n) is 2.35. The normalized spacial score (nSPS) is 11.0. The molecule has 0 aliphatic heterocycles. The van der Waals surface area contributed by atoms with Crippen LogP contribution in [0.25, 0.3) is 5.57 Å². The molecule has 0 fully saturated rings. The van der Waals surface area contributed by atoms with Crippen molar-refractivity contribution < 1.29 is 14.3 Å². The molecule has 23 heavy (non-hydrogen) atoms. The molecular formula is C19H21NO3. The summed E-state index contributed by atoms with van der Waals surface area (Å²) in [4.78, 5) is 14.0. The zero-order valence-electron chi connectivity index (χ0n) is 13.7. The second-order valence-electron chi connectivity index (χ2n) is 5.15. The first-order valence-corrected chi connectivity index (χ1v) is 7.32. The van der Waals surface area contributed by atoms with Gasteiger partial charge in [-0.05, 0) is 29.3 Å². The fraction of sp³-hybridized carbons (Fsp3) is 0.211. The van der Waals surface area contributed by atoms with Crippen LogP contribution in [-0.2, 0) is 20.8 Å². The van der Waals surface area contributed by atoms with E-state index >= 15 is 0 Å². The van der Waals surface area contributed by atoms with Gasteiger partial charge in [0.1, 0.15) is 5.57 Å². The Hall–Kier alpha value is -2.75. The van der Waals surface area contributed by atoms with Crippen LogP contribution in [0.1, 0.15) is 11.1 Å². The smallest absolute Gasteiger partial charge is 0.341 e. The van der Waals surface area contributed by atoms with E-state index in [1.165, 1.54) is 20.5 Å². The maximum absolute atomic E-state index is 11.9. The summed E-state index contributed by atoms with van der Waals surface area (Å²) in [5, 5.41) is 0. The third kappa shape index (κ3) is 4.36. The van der Waals surface area contributed by atoms with Crippen LogP contribution < -0.4 is 4.90 Å². The second-order valence-corrected chi connectivity index (χ2v) is 5.15. The Morgan fingerprint density at radius 3 is 2.48 bits per heavy atom. The molecule has 0 unspecified atom stereocenters. The summed E-state index contributed by atoms with van der Waals surface area (Å²) >= 11 is 0. The van der Waals surface area contributed by atoms with Crippen LogP contribution in [0.2, 0.25) is 0 Å². The highest BCUT2D eigenvalue weighted by Crippen LogP contribution is 2.20. The SMILES string of the molecule is COC=C(C(=O)OC)c1cccc(CN(C)c2ccccc2)c1. The molecule has 120 valence electrons. The third-order valence-corrected chi connectivity index (χ3v) is 3.50. The van der Waals surface area contributed by atoms with Crippen molar-refractivity contribution in [1.82, 2.24) is 0 Å².